The van der Waals surface area contributed by atoms with Crippen LogP contribution in [-0.4, -0.2) is 17.6 Å². The van der Waals surface area contributed by atoms with Crippen molar-refractivity contribution in [1.82, 2.24) is 10.3 Å². The lowest BCUT2D eigenvalue weighted by atomic mass is 9.99. The molecule has 2 nitrogen and oxygen atoms in total. The maximum atomic E-state index is 4.47. The van der Waals surface area contributed by atoms with Crippen LogP contribution in [0.2, 0.25) is 0 Å². The Labute approximate surface area is 111 Å². The van der Waals surface area contributed by atoms with Crippen molar-refractivity contribution in [3.63, 3.8) is 0 Å². The van der Waals surface area contributed by atoms with Gasteiger partial charge in [-0.3, -0.25) is 4.98 Å². The van der Waals surface area contributed by atoms with E-state index in [4.69, 9.17) is 0 Å². The summed E-state index contributed by atoms with van der Waals surface area (Å²) in [4.78, 5) is 4.47. The van der Waals surface area contributed by atoms with Crippen LogP contribution in [0.4, 0.5) is 0 Å². The van der Waals surface area contributed by atoms with Gasteiger partial charge in [0, 0.05) is 24.4 Å². The van der Waals surface area contributed by atoms with Crippen LogP contribution in [0, 0.1) is 16.7 Å². The van der Waals surface area contributed by atoms with Crippen molar-refractivity contribution in [2.75, 3.05) is 6.54 Å². The Morgan fingerprint density at radius 1 is 1.22 bits per heavy atom. The number of pyridine rings is 1. The molecule has 0 aromatic carbocycles. The third-order valence-electron chi connectivity index (χ3n) is 5.16. The quantitative estimate of drug-likeness (QED) is 0.862. The van der Waals surface area contributed by atoms with E-state index in [9.17, 15) is 0 Å². The number of aromatic nitrogens is 1. The van der Waals surface area contributed by atoms with Gasteiger partial charge in [-0.1, -0.05) is 40.7 Å². The molecule has 0 radical (unpaired) electrons. The van der Waals surface area contributed by atoms with Crippen LogP contribution in [0.15, 0.2) is 24.4 Å². The van der Waals surface area contributed by atoms with Gasteiger partial charge in [0.05, 0.1) is 0 Å². The van der Waals surface area contributed by atoms with Gasteiger partial charge in [0.2, 0.25) is 0 Å². The first-order chi connectivity index (χ1) is 8.41. The first-order valence-corrected chi connectivity index (χ1v) is 7.04. The second-order valence-electron chi connectivity index (χ2n) is 6.61. The van der Waals surface area contributed by atoms with Gasteiger partial charge in [0.15, 0.2) is 0 Å². The summed E-state index contributed by atoms with van der Waals surface area (Å²) in [5.41, 5.74) is 2.05. The van der Waals surface area contributed by atoms with Crippen molar-refractivity contribution in [3.05, 3.63) is 30.1 Å². The molecule has 1 aromatic heterocycles. The molecule has 1 aromatic rings. The summed E-state index contributed by atoms with van der Waals surface area (Å²) in [7, 11) is 0. The molecule has 0 amide bonds. The van der Waals surface area contributed by atoms with E-state index in [1.54, 1.807) is 0 Å². The lowest BCUT2D eigenvalue weighted by Gasteiger charge is -2.20. The Kier molecular flexibility index (Phi) is 3.50. The van der Waals surface area contributed by atoms with E-state index < -0.39 is 0 Å². The Hall–Kier alpha value is -0.890. The van der Waals surface area contributed by atoms with Gasteiger partial charge in [0.1, 0.15) is 0 Å². The highest BCUT2D eigenvalue weighted by molar-refractivity contribution is 5.18. The minimum atomic E-state index is 0.425. The summed E-state index contributed by atoms with van der Waals surface area (Å²) in [6.45, 7) is 12.8. The average molecular weight is 246 g/mol. The number of likely N-dealkylation sites (N-methyl/N-ethyl adjacent to an activating group) is 1. The van der Waals surface area contributed by atoms with E-state index >= 15 is 0 Å². The van der Waals surface area contributed by atoms with Crippen molar-refractivity contribution >= 4 is 0 Å². The van der Waals surface area contributed by atoms with Crippen LogP contribution in [0.25, 0.3) is 0 Å². The second kappa shape index (κ2) is 4.65. The lowest BCUT2D eigenvalue weighted by molar-refractivity contribution is 0.400. The van der Waals surface area contributed by atoms with E-state index in [0.29, 0.717) is 16.9 Å². The number of nitrogens with one attached hydrogen (secondary N) is 1. The second-order valence-corrected chi connectivity index (χ2v) is 6.61. The summed E-state index contributed by atoms with van der Waals surface area (Å²) < 4.78 is 0. The fraction of sp³-hybridized carbons (Fsp3) is 0.688. The predicted octanol–water partition coefficient (Wildman–Crippen LogP) is 3.28. The molecule has 1 aliphatic carbocycles. The van der Waals surface area contributed by atoms with Crippen LogP contribution in [0.3, 0.4) is 0 Å². The summed E-state index contributed by atoms with van der Waals surface area (Å²) >= 11 is 0. The monoisotopic (exact) mass is 246 g/mol. The molecule has 0 bridgehead atoms. The lowest BCUT2D eigenvalue weighted by Crippen LogP contribution is -2.35. The van der Waals surface area contributed by atoms with E-state index in [1.807, 2.05) is 12.3 Å². The molecule has 1 aliphatic rings. The molecular formula is C16H26N2. The van der Waals surface area contributed by atoms with Crippen molar-refractivity contribution in [3.8, 4) is 0 Å². The van der Waals surface area contributed by atoms with Crippen LogP contribution in [-0.2, 0) is 6.42 Å². The molecule has 2 rings (SSSR count). The van der Waals surface area contributed by atoms with E-state index in [0.717, 1.165) is 18.9 Å². The van der Waals surface area contributed by atoms with Crippen LogP contribution in [0.1, 0.15) is 40.3 Å². The maximum absolute atomic E-state index is 4.47. The zero-order valence-electron chi connectivity index (χ0n) is 12.3. The first kappa shape index (κ1) is 13.5. The summed E-state index contributed by atoms with van der Waals surface area (Å²) in [6.07, 6.45) is 2.92. The number of nitrogens with zero attached hydrogens (tertiary/aromatic N) is 1. The smallest absolute Gasteiger partial charge is 0.0419 e. The van der Waals surface area contributed by atoms with Crippen LogP contribution < -0.4 is 5.32 Å². The van der Waals surface area contributed by atoms with Crippen molar-refractivity contribution < 1.29 is 0 Å². The van der Waals surface area contributed by atoms with Crippen LogP contribution in [0.5, 0.6) is 0 Å². The number of hydrogen-bond acceptors (Lipinski definition) is 2. The molecule has 100 valence electrons. The Morgan fingerprint density at radius 2 is 1.89 bits per heavy atom. The minimum absolute atomic E-state index is 0.425. The van der Waals surface area contributed by atoms with Crippen molar-refractivity contribution in [2.45, 2.75) is 47.1 Å². The van der Waals surface area contributed by atoms with E-state index in [2.05, 4.69) is 57.1 Å². The molecule has 1 heterocycles. The molecule has 0 aliphatic heterocycles. The topological polar surface area (TPSA) is 24.9 Å². The third kappa shape index (κ3) is 2.18. The number of rotatable bonds is 5. The van der Waals surface area contributed by atoms with E-state index in [-0.39, 0.29) is 0 Å². The first-order valence-electron chi connectivity index (χ1n) is 7.04. The fourth-order valence-electron chi connectivity index (χ4n) is 3.57. The normalized spacial score (nSPS) is 22.7. The van der Waals surface area contributed by atoms with Crippen LogP contribution >= 0.6 is 0 Å². The standard InChI is InChI=1S/C16H26N2/c1-6-17-13(11-12-9-7-8-10-18-12)14-15(2,3)16(14,4)5/h7-10,13-14,17H,6,11H2,1-5H3. The van der Waals surface area contributed by atoms with E-state index in [1.165, 1.54) is 5.69 Å². The highest BCUT2D eigenvalue weighted by Gasteiger charge is 2.66. The van der Waals surface area contributed by atoms with Gasteiger partial charge in [-0.15, -0.1) is 0 Å². The Balaban J connectivity index is 2.11. The molecule has 0 spiro atoms. The molecule has 1 N–H and O–H groups in total. The zero-order chi connectivity index (χ0) is 13.4. The van der Waals surface area contributed by atoms with Gasteiger partial charge in [-0.25, -0.2) is 0 Å². The Bertz CT molecular complexity index is 381. The highest BCUT2D eigenvalue weighted by atomic mass is 15.0. The number of hydrogen-bond donors (Lipinski definition) is 1. The van der Waals surface area contributed by atoms with Gasteiger partial charge < -0.3 is 5.32 Å². The van der Waals surface area contributed by atoms with Gasteiger partial charge in [-0.05, 0) is 35.4 Å². The molecule has 1 saturated carbocycles. The molecule has 1 atom stereocenters. The molecular weight excluding hydrogens is 220 g/mol. The maximum Gasteiger partial charge on any atom is 0.0419 e. The van der Waals surface area contributed by atoms with Gasteiger partial charge in [0.25, 0.3) is 0 Å². The highest BCUT2D eigenvalue weighted by Crippen LogP contribution is 2.69. The fourth-order valence-corrected chi connectivity index (χ4v) is 3.57. The summed E-state index contributed by atoms with van der Waals surface area (Å²) in [6, 6.07) is 6.73. The Morgan fingerprint density at radius 3 is 2.33 bits per heavy atom. The zero-order valence-corrected chi connectivity index (χ0v) is 12.3. The average Bonchev–Trinajstić information content (AvgIpc) is 2.70. The largest absolute Gasteiger partial charge is 0.314 e. The third-order valence-corrected chi connectivity index (χ3v) is 5.16. The van der Waals surface area contributed by atoms with Gasteiger partial charge in [-0.2, -0.15) is 0 Å². The minimum Gasteiger partial charge on any atom is -0.314 e. The van der Waals surface area contributed by atoms with Crippen molar-refractivity contribution in [1.29, 1.82) is 0 Å². The predicted molar refractivity (Wildman–Crippen MR) is 76.5 cm³/mol. The van der Waals surface area contributed by atoms with Gasteiger partial charge >= 0.3 is 0 Å². The molecule has 0 saturated heterocycles. The molecule has 18 heavy (non-hydrogen) atoms. The molecule has 1 fully saturated rings. The summed E-state index contributed by atoms with van der Waals surface area (Å²) in [5.74, 6) is 0.729. The summed E-state index contributed by atoms with van der Waals surface area (Å²) in [5, 5.41) is 3.66. The van der Waals surface area contributed by atoms with Crippen molar-refractivity contribution in [2.24, 2.45) is 16.7 Å². The SMILES string of the molecule is CCNC(Cc1ccccn1)C1C(C)(C)C1(C)C. The molecule has 2 heteroatoms. The molecule has 1 unspecified atom stereocenters.